The van der Waals surface area contributed by atoms with Crippen LogP contribution < -0.4 is 16.4 Å². The van der Waals surface area contributed by atoms with Crippen molar-refractivity contribution in [3.05, 3.63) is 29.7 Å². The largest absolute Gasteiger partial charge is 0.465 e. The van der Waals surface area contributed by atoms with Crippen molar-refractivity contribution >= 4 is 11.9 Å². The fraction of sp³-hybridized carbons (Fsp3) is 0.650. The van der Waals surface area contributed by atoms with Crippen LogP contribution in [-0.4, -0.2) is 72.4 Å². The number of carbonyl (C=O) groups excluding carboxylic acids is 2. The molecule has 0 aliphatic heterocycles. The molecule has 9 heteroatoms. The van der Waals surface area contributed by atoms with E-state index < -0.39 is 5.97 Å². The number of aryl methyl sites for hydroxylation is 2. The number of amides is 1. The van der Waals surface area contributed by atoms with Crippen LogP contribution in [0.3, 0.4) is 0 Å². The van der Waals surface area contributed by atoms with Gasteiger partial charge in [0.1, 0.15) is 6.54 Å². The average molecular weight is 409 g/mol. The summed E-state index contributed by atoms with van der Waals surface area (Å²) in [4.78, 5) is 25.2. The molecule has 4 N–H and O–H groups in total. The third kappa shape index (κ3) is 10.7. The molecule has 0 unspecified atom stereocenters. The molecular formula is C20H36N6O3. The highest BCUT2D eigenvalue weighted by atomic mass is 16.5. The van der Waals surface area contributed by atoms with Gasteiger partial charge < -0.3 is 26.0 Å². The summed E-state index contributed by atoms with van der Waals surface area (Å²) in [6.45, 7) is 14.1. The molecular weight excluding hydrogens is 372 g/mol. The number of carbonyl (C=O) groups is 2. The number of esters is 1. The van der Waals surface area contributed by atoms with Crippen molar-refractivity contribution in [3.63, 3.8) is 0 Å². The van der Waals surface area contributed by atoms with Crippen molar-refractivity contribution < 1.29 is 14.3 Å². The summed E-state index contributed by atoms with van der Waals surface area (Å²) in [5.41, 5.74) is 8.73. The second-order valence-electron chi connectivity index (χ2n) is 6.92. The summed E-state index contributed by atoms with van der Waals surface area (Å²) in [5.74, 6) is -0.714. The van der Waals surface area contributed by atoms with Gasteiger partial charge in [-0.25, -0.2) is 0 Å². The predicted octanol–water partition coefficient (Wildman–Crippen LogP) is 0.323. The second kappa shape index (κ2) is 13.7. The Balaban J connectivity index is 2.24. The van der Waals surface area contributed by atoms with Crippen LogP contribution in [0.2, 0.25) is 0 Å². The molecule has 0 spiro atoms. The molecule has 0 bridgehead atoms. The third-order valence-electron chi connectivity index (χ3n) is 4.36. The van der Waals surface area contributed by atoms with E-state index in [0.29, 0.717) is 13.2 Å². The molecule has 1 heterocycles. The summed E-state index contributed by atoms with van der Waals surface area (Å²) in [7, 11) is 0. The Morgan fingerprint density at radius 2 is 2.00 bits per heavy atom. The summed E-state index contributed by atoms with van der Waals surface area (Å²) in [6, 6.07) is 2.08. The van der Waals surface area contributed by atoms with E-state index in [-0.39, 0.29) is 19.0 Å². The Morgan fingerprint density at radius 3 is 2.62 bits per heavy atom. The van der Waals surface area contributed by atoms with Gasteiger partial charge in [-0.3, -0.25) is 14.3 Å². The number of aromatic nitrogens is 2. The molecule has 0 atom stereocenters. The summed E-state index contributed by atoms with van der Waals surface area (Å²) in [6.07, 6.45) is 1.67. The minimum absolute atomic E-state index is 0.0860. The van der Waals surface area contributed by atoms with Gasteiger partial charge in [0.05, 0.1) is 25.4 Å². The zero-order valence-electron chi connectivity index (χ0n) is 18.0. The van der Waals surface area contributed by atoms with Gasteiger partial charge in [0.2, 0.25) is 5.91 Å². The maximum atomic E-state index is 11.7. The lowest BCUT2D eigenvalue weighted by Crippen LogP contribution is -2.37. The van der Waals surface area contributed by atoms with Crippen molar-refractivity contribution in [1.29, 1.82) is 0 Å². The van der Waals surface area contributed by atoms with Gasteiger partial charge in [0.25, 0.3) is 0 Å². The zero-order valence-corrected chi connectivity index (χ0v) is 18.0. The first-order valence-corrected chi connectivity index (χ1v) is 10.1. The number of nitrogens with zero attached hydrogens (tertiary/aromatic N) is 3. The maximum absolute atomic E-state index is 11.7. The van der Waals surface area contributed by atoms with Crippen LogP contribution in [0.25, 0.3) is 0 Å². The van der Waals surface area contributed by atoms with Crippen molar-refractivity contribution in [3.8, 4) is 0 Å². The molecule has 0 saturated heterocycles. The number of nitrogens with one attached hydrogen (secondary N) is 2. The molecule has 29 heavy (non-hydrogen) atoms. The van der Waals surface area contributed by atoms with Crippen LogP contribution in [0.1, 0.15) is 31.2 Å². The second-order valence-corrected chi connectivity index (χ2v) is 6.92. The number of hydrogen-bond acceptors (Lipinski definition) is 7. The fourth-order valence-electron chi connectivity index (χ4n) is 2.91. The lowest BCUT2D eigenvalue weighted by Gasteiger charge is -2.22. The SMILES string of the molecule is C=C(CCCN(CCN)CCn1nc(C)cc1C)NCC(=O)NCC(=O)OCC. The Bertz CT molecular complexity index is 659. The minimum atomic E-state index is -0.444. The standard InChI is InChI=1S/C20H36N6O3/c1-5-29-20(28)15-23-19(27)14-22-16(2)7-6-9-25(10-8-21)11-12-26-18(4)13-17(3)24-26/h13,22H,2,5-12,14-15,21H2,1,3-4H3,(H,23,27). The lowest BCUT2D eigenvalue weighted by molar-refractivity contribution is -0.143. The van der Waals surface area contributed by atoms with Crippen molar-refractivity contribution in [2.75, 3.05) is 45.9 Å². The van der Waals surface area contributed by atoms with Gasteiger partial charge in [-0.15, -0.1) is 0 Å². The topological polar surface area (TPSA) is 115 Å². The number of ether oxygens (including phenoxy) is 1. The van der Waals surface area contributed by atoms with Gasteiger partial charge in [0.15, 0.2) is 0 Å². The van der Waals surface area contributed by atoms with Crippen molar-refractivity contribution in [1.82, 2.24) is 25.3 Å². The lowest BCUT2D eigenvalue weighted by atomic mass is 10.2. The molecule has 0 aromatic carbocycles. The third-order valence-corrected chi connectivity index (χ3v) is 4.36. The van der Waals surface area contributed by atoms with E-state index in [1.807, 2.05) is 11.6 Å². The molecule has 1 rings (SSSR count). The van der Waals surface area contributed by atoms with E-state index in [1.165, 1.54) is 0 Å². The normalized spacial score (nSPS) is 10.8. The monoisotopic (exact) mass is 408 g/mol. The van der Waals surface area contributed by atoms with Gasteiger partial charge in [-0.1, -0.05) is 6.58 Å². The van der Waals surface area contributed by atoms with Crippen LogP contribution in [0.15, 0.2) is 18.3 Å². The van der Waals surface area contributed by atoms with E-state index in [1.54, 1.807) is 6.92 Å². The molecule has 0 aliphatic carbocycles. The number of hydrogen-bond donors (Lipinski definition) is 3. The predicted molar refractivity (Wildman–Crippen MR) is 113 cm³/mol. The molecule has 164 valence electrons. The van der Waals surface area contributed by atoms with E-state index in [4.69, 9.17) is 10.5 Å². The van der Waals surface area contributed by atoms with E-state index in [9.17, 15) is 9.59 Å². The Kier molecular flexibility index (Phi) is 11.7. The number of allylic oxidation sites excluding steroid dienone is 1. The Labute approximate surface area is 173 Å². The Morgan fingerprint density at radius 1 is 1.24 bits per heavy atom. The number of rotatable bonds is 15. The molecule has 0 aliphatic rings. The van der Waals surface area contributed by atoms with Gasteiger partial charge in [-0.2, -0.15) is 5.10 Å². The molecule has 0 radical (unpaired) electrons. The summed E-state index contributed by atoms with van der Waals surface area (Å²) in [5, 5.41) is 10.00. The highest BCUT2D eigenvalue weighted by Gasteiger charge is 2.08. The van der Waals surface area contributed by atoms with Crippen LogP contribution >= 0.6 is 0 Å². The van der Waals surface area contributed by atoms with Crippen LogP contribution in [0.5, 0.6) is 0 Å². The van der Waals surface area contributed by atoms with E-state index in [2.05, 4.69) is 40.2 Å². The highest BCUT2D eigenvalue weighted by molar-refractivity contribution is 5.83. The van der Waals surface area contributed by atoms with E-state index in [0.717, 1.165) is 56.1 Å². The first-order valence-electron chi connectivity index (χ1n) is 10.1. The quantitative estimate of drug-likeness (QED) is 0.358. The minimum Gasteiger partial charge on any atom is -0.465 e. The molecule has 1 amide bonds. The highest BCUT2D eigenvalue weighted by Crippen LogP contribution is 2.04. The summed E-state index contributed by atoms with van der Waals surface area (Å²) < 4.78 is 6.78. The average Bonchev–Trinajstić information content (AvgIpc) is 3.00. The zero-order chi connectivity index (χ0) is 21.6. The number of nitrogens with two attached hydrogens (primary N) is 1. The summed E-state index contributed by atoms with van der Waals surface area (Å²) >= 11 is 0. The first kappa shape index (κ1) is 24.6. The van der Waals surface area contributed by atoms with Crippen LogP contribution in [-0.2, 0) is 20.9 Å². The van der Waals surface area contributed by atoms with Gasteiger partial charge >= 0.3 is 5.97 Å². The maximum Gasteiger partial charge on any atom is 0.325 e. The van der Waals surface area contributed by atoms with Crippen molar-refractivity contribution in [2.24, 2.45) is 5.73 Å². The van der Waals surface area contributed by atoms with Crippen molar-refractivity contribution in [2.45, 2.75) is 40.2 Å². The molecule has 9 nitrogen and oxygen atoms in total. The van der Waals surface area contributed by atoms with Gasteiger partial charge in [-0.05, 0) is 46.2 Å². The molecule has 0 fully saturated rings. The van der Waals surface area contributed by atoms with Gasteiger partial charge in [0, 0.05) is 31.0 Å². The molecule has 1 aromatic heterocycles. The Hall–Kier alpha value is -2.39. The van der Waals surface area contributed by atoms with Crippen LogP contribution in [0, 0.1) is 13.8 Å². The van der Waals surface area contributed by atoms with Crippen LogP contribution in [0.4, 0.5) is 0 Å². The molecule has 0 saturated carbocycles. The fourth-order valence-corrected chi connectivity index (χ4v) is 2.91. The molecule has 1 aromatic rings. The first-order chi connectivity index (χ1) is 13.8. The van der Waals surface area contributed by atoms with E-state index >= 15 is 0 Å². The smallest absolute Gasteiger partial charge is 0.325 e.